The summed E-state index contributed by atoms with van der Waals surface area (Å²) in [6, 6.07) is 1.54. The maximum atomic E-state index is 10.3. The number of nitriles is 1. The molecule has 0 rings (SSSR count). The van der Waals surface area contributed by atoms with Gasteiger partial charge >= 0.3 is 5.97 Å². The molecule has 0 amide bonds. The van der Waals surface area contributed by atoms with Gasteiger partial charge in [-0.2, -0.15) is 5.26 Å². The predicted molar refractivity (Wildman–Crippen MR) is 40.7 cm³/mol. The van der Waals surface area contributed by atoms with Crippen LogP contribution in [-0.4, -0.2) is 11.1 Å². The van der Waals surface area contributed by atoms with E-state index >= 15 is 0 Å². The van der Waals surface area contributed by atoms with Gasteiger partial charge in [-0.15, -0.1) is 0 Å². The smallest absolute Gasteiger partial charge is 0.347 e. The van der Waals surface area contributed by atoms with Crippen LogP contribution in [0, 0.1) is 11.3 Å². The number of carboxylic acids is 1. The molecule has 0 unspecified atom stereocenters. The van der Waals surface area contributed by atoms with E-state index in [0.29, 0.717) is 0 Å². The number of carbonyl (C=O) groups is 1. The van der Waals surface area contributed by atoms with Crippen molar-refractivity contribution in [2.24, 2.45) is 0 Å². The summed E-state index contributed by atoms with van der Waals surface area (Å²) in [6.45, 7) is 6.68. The minimum atomic E-state index is -1.26. The van der Waals surface area contributed by atoms with E-state index in [-0.39, 0.29) is 11.1 Å². The average Bonchev–Trinajstić information content (AvgIpc) is 1.99. The van der Waals surface area contributed by atoms with Gasteiger partial charge in [-0.25, -0.2) is 4.79 Å². The van der Waals surface area contributed by atoms with Crippen LogP contribution in [0.25, 0.3) is 0 Å². The zero-order valence-corrected chi connectivity index (χ0v) is 5.87. The molecule has 11 heavy (non-hydrogen) atoms. The Labute approximate surface area is 64.6 Å². The highest BCUT2D eigenvalue weighted by Crippen LogP contribution is 2.05. The van der Waals surface area contributed by atoms with Gasteiger partial charge in [0.2, 0.25) is 0 Å². The lowest BCUT2D eigenvalue weighted by molar-refractivity contribution is -0.132. The Hall–Kier alpha value is -1.82. The maximum absolute atomic E-state index is 10.3. The lowest BCUT2D eigenvalue weighted by atomic mass is 10.1. The molecule has 0 saturated heterocycles. The fourth-order valence-electron chi connectivity index (χ4n) is 0.523. The molecule has 0 aromatic heterocycles. The normalized spacial score (nSPS) is 7.55. The summed E-state index contributed by atoms with van der Waals surface area (Å²) in [6.07, 6.45) is 2.55. The second-order valence-corrected chi connectivity index (χ2v) is 1.66. The summed E-state index contributed by atoms with van der Waals surface area (Å²) in [4.78, 5) is 10.3. The third-order valence-electron chi connectivity index (χ3n) is 1.05. The fraction of sp³-hybridized carbons (Fsp3) is 0. The summed E-state index contributed by atoms with van der Waals surface area (Å²) in [5, 5.41) is 16.8. The fourth-order valence-corrected chi connectivity index (χ4v) is 0.523. The molecule has 0 aromatic carbocycles. The van der Waals surface area contributed by atoms with E-state index in [1.807, 2.05) is 0 Å². The molecule has 0 heterocycles. The zero-order valence-electron chi connectivity index (χ0n) is 5.87. The van der Waals surface area contributed by atoms with Crippen molar-refractivity contribution >= 4 is 5.97 Å². The molecule has 0 aromatic rings. The van der Waals surface area contributed by atoms with E-state index in [4.69, 9.17) is 10.4 Å². The van der Waals surface area contributed by atoms with Crippen LogP contribution in [-0.2, 0) is 4.79 Å². The molecule has 3 nitrogen and oxygen atoms in total. The second kappa shape index (κ2) is 4.07. The van der Waals surface area contributed by atoms with E-state index in [9.17, 15) is 4.79 Å². The standard InChI is InChI=1S/C8H7NO2/c1-3-6(4-2)7(5-9)8(10)11/h3-4H,1-2H2,(H,10,11). The first-order valence-corrected chi connectivity index (χ1v) is 2.80. The molecule has 0 spiro atoms. The van der Waals surface area contributed by atoms with Crippen LogP contribution in [0.4, 0.5) is 0 Å². The number of carboxylic acid groups (broad SMARTS) is 1. The molecule has 56 valence electrons. The SMILES string of the molecule is C=CC(C=C)=C(C#N)C(=O)O. The molecule has 0 bridgehead atoms. The minimum absolute atomic E-state index is 0.236. The summed E-state index contributed by atoms with van der Waals surface area (Å²) in [5.41, 5.74) is -0.102. The molecule has 1 N–H and O–H groups in total. The van der Waals surface area contributed by atoms with Gasteiger partial charge in [0.25, 0.3) is 0 Å². The van der Waals surface area contributed by atoms with Crippen LogP contribution in [0.3, 0.4) is 0 Å². The average molecular weight is 149 g/mol. The van der Waals surface area contributed by atoms with E-state index in [1.165, 1.54) is 12.2 Å². The van der Waals surface area contributed by atoms with Crippen molar-refractivity contribution in [3.63, 3.8) is 0 Å². The summed E-state index contributed by atoms with van der Waals surface area (Å²) < 4.78 is 0. The van der Waals surface area contributed by atoms with Crippen molar-refractivity contribution in [1.82, 2.24) is 0 Å². The molecule has 0 aliphatic heterocycles. The van der Waals surface area contributed by atoms with Crippen molar-refractivity contribution in [3.8, 4) is 6.07 Å². The summed E-state index contributed by atoms with van der Waals surface area (Å²) in [5.74, 6) is -1.26. The third kappa shape index (κ3) is 2.11. The van der Waals surface area contributed by atoms with E-state index in [2.05, 4.69) is 13.2 Å². The van der Waals surface area contributed by atoms with Crippen LogP contribution in [0.5, 0.6) is 0 Å². The van der Waals surface area contributed by atoms with Crippen LogP contribution in [0.2, 0.25) is 0 Å². The zero-order chi connectivity index (χ0) is 8.85. The Bertz CT molecular complexity index is 258. The molecule has 0 fully saturated rings. The molecule has 0 atom stereocenters. The molecule has 0 radical (unpaired) electrons. The largest absolute Gasteiger partial charge is 0.477 e. The van der Waals surface area contributed by atoms with Crippen LogP contribution in [0.1, 0.15) is 0 Å². The first-order chi connectivity index (χ1) is 5.17. The van der Waals surface area contributed by atoms with Crippen LogP contribution >= 0.6 is 0 Å². The monoisotopic (exact) mass is 149 g/mol. The number of nitrogens with zero attached hydrogens (tertiary/aromatic N) is 1. The van der Waals surface area contributed by atoms with E-state index in [1.54, 1.807) is 6.07 Å². The van der Waals surface area contributed by atoms with Gasteiger partial charge < -0.3 is 5.11 Å². The molecule has 3 heteroatoms. The van der Waals surface area contributed by atoms with Gasteiger partial charge in [-0.1, -0.05) is 25.3 Å². The van der Waals surface area contributed by atoms with Gasteiger partial charge in [-0.3, -0.25) is 0 Å². The molecular formula is C8H7NO2. The number of hydrogen-bond acceptors (Lipinski definition) is 2. The maximum Gasteiger partial charge on any atom is 0.347 e. The second-order valence-electron chi connectivity index (χ2n) is 1.66. The number of allylic oxidation sites excluding steroid dienone is 3. The topological polar surface area (TPSA) is 61.1 Å². The number of rotatable bonds is 3. The Morgan fingerprint density at radius 3 is 2.00 bits per heavy atom. The highest BCUT2D eigenvalue weighted by Gasteiger charge is 2.08. The molecule has 0 aliphatic rings. The van der Waals surface area contributed by atoms with Crippen molar-refractivity contribution in [3.05, 3.63) is 36.5 Å². The molecule has 0 saturated carbocycles. The Balaban J connectivity index is 5.14. The van der Waals surface area contributed by atoms with Gasteiger partial charge in [-0.05, 0) is 5.57 Å². The summed E-state index contributed by atoms with van der Waals surface area (Å²) in [7, 11) is 0. The van der Waals surface area contributed by atoms with Crippen LogP contribution < -0.4 is 0 Å². The molecule has 0 aliphatic carbocycles. The Kier molecular flexibility index (Phi) is 3.40. The van der Waals surface area contributed by atoms with Crippen molar-refractivity contribution in [2.75, 3.05) is 0 Å². The predicted octanol–water partition coefficient (Wildman–Crippen LogP) is 1.26. The van der Waals surface area contributed by atoms with Crippen molar-refractivity contribution in [1.29, 1.82) is 5.26 Å². The minimum Gasteiger partial charge on any atom is -0.477 e. The lowest BCUT2D eigenvalue weighted by Gasteiger charge is -1.92. The van der Waals surface area contributed by atoms with Gasteiger partial charge in [0.1, 0.15) is 11.6 Å². The summed E-state index contributed by atoms with van der Waals surface area (Å²) >= 11 is 0. The Morgan fingerprint density at radius 1 is 1.45 bits per heavy atom. The van der Waals surface area contributed by atoms with Gasteiger partial charge in [0.15, 0.2) is 0 Å². The van der Waals surface area contributed by atoms with Gasteiger partial charge in [0.05, 0.1) is 0 Å². The van der Waals surface area contributed by atoms with Crippen LogP contribution in [0.15, 0.2) is 36.5 Å². The first-order valence-electron chi connectivity index (χ1n) is 2.80. The Morgan fingerprint density at radius 2 is 1.91 bits per heavy atom. The quantitative estimate of drug-likeness (QED) is 0.373. The molecular weight excluding hydrogens is 142 g/mol. The van der Waals surface area contributed by atoms with E-state index in [0.717, 1.165) is 0 Å². The highest BCUT2D eigenvalue weighted by atomic mass is 16.4. The van der Waals surface area contributed by atoms with Crippen molar-refractivity contribution in [2.45, 2.75) is 0 Å². The highest BCUT2D eigenvalue weighted by molar-refractivity contribution is 5.93. The number of hydrogen-bond donors (Lipinski definition) is 1. The lowest BCUT2D eigenvalue weighted by Crippen LogP contribution is -2.00. The number of aliphatic carboxylic acids is 1. The van der Waals surface area contributed by atoms with E-state index < -0.39 is 5.97 Å². The van der Waals surface area contributed by atoms with Gasteiger partial charge in [0, 0.05) is 0 Å². The third-order valence-corrected chi connectivity index (χ3v) is 1.05. The first kappa shape index (κ1) is 9.18. The van der Waals surface area contributed by atoms with Crippen molar-refractivity contribution < 1.29 is 9.90 Å².